The van der Waals surface area contributed by atoms with Crippen LogP contribution in [0.3, 0.4) is 0 Å². The Hall–Kier alpha value is -1.45. The third-order valence-corrected chi connectivity index (χ3v) is 2.08. The van der Waals surface area contributed by atoms with E-state index in [0.717, 1.165) is 5.56 Å². The van der Waals surface area contributed by atoms with E-state index in [-0.39, 0.29) is 5.91 Å². The fourth-order valence-corrected chi connectivity index (χ4v) is 1.07. The number of amides is 1. The predicted octanol–water partition coefficient (Wildman–Crippen LogP) is 0.500. The van der Waals surface area contributed by atoms with Crippen LogP contribution >= 0.6 is 0 Å². The molecule has 0 aliphatic rings. The molecule has 0 aliphatic heterocycles. The third kappa shape index (κ3) is 1.83. The van der Waals surface area contributed by atoms with E-state index in [0.29, 0.717) is 0 Å². The fraction of sp³-hybridized carbons (Fsp3) is 0.444. The minimum Gasteiger partial charge on any atom is -0.358 e. The maximum atomic E-state index is 11.5. The number of nitrogens with one attached hydrogen (secondary N) is 1. The second kappa shape index (κ2) is 3.51. The number of aromatic nitrogens is 2. The van der Waals surface area contributed by atoms with Gasteiger partial charge in [-0.15, -0.1) is 0 Å². The Morgan fingerprint density at radius 3 is 2.38 bits per heavy atom. The van der Waals surface area contributed by atoms with Gasteiger partial charge in [0.1, 0.15) is 6.33 Å². The van der Waals surface area contributed by atoms with Crippen LogP contribution in [0.2, 0.25) is 0 Å². The molecule has 13 heavy (non-hydrogen) atoms. The van der Waals surface area contributed by atoms with Gasteiger partial charge in [0.2, 0.25) is 5.91 Å². The third-order valence-electron chi connectivity index (χ3n) is 2.08. The van der Waals surface area contributed by atoms with Gasteiger partial charge in [-0.3, -0.25) is 4.79 Å². The molecule has 0 saturated heterocycles. The Labute approximate surface area is 77.4 Å². The molecule has 0 spiro atoms. The zero-order chi connectivity index (χ0) is 9.90. The second-order valence-corrected chi connectivity index (χ2v) is 3.33. The lowest BCUT2D eigenvalue weighted by Crippen LogP contribution is -2.38. The highest BCUT2D eigenvalue weighted by Gasteiger charge is 2.29. The lowest BCUT2D eigenvalue weighted by Gasteiger charge is -2.21. The van der Waals surface area contributed by atoms with Crippen LogP contribution in [-0.4, -0.2) is 22.9 Å². The Morgan fingerprint density at radius 1 is 1.38 bits per heavy atom. The van der Waals surface area contributed by atoms with Crippen LogP contribution in [0.5, 0.6) is 0 Å². The molecule has 1 aromatic heterocycles. The summed E-state index contributed by atoms with van der Waals surface area (Å²) < 4.78 is 0. The Balaban J connectivity index is 3.00. The lowest BCUT2D eigenvalue weighted by atomic mass is 9.86. The summed E-state index contributed by atoms with van der Waals surface area (Å²) in [6.07, 6.45) is 4.76. The Bertz CT molecular complexity index is 295. The molecule has 0 radical (unpaired) electrons. The van der Waals surface area contributed by atoms with Crippen LogP contribution < -0.4 is 5.32 Å². The highest BCUT2D eigenvalue weighted by atomic mass is 16.2. The van der Waals surface area contributed by atoms with Crippen molar-refractivity contribution >= 4 is 5.91 Å². The first-order chi connectivity index (χ1) is 6.09. The summed E-state index contributed by atoms with van der Waals surface area (Å²) in [4.78, 5) is 19.2. The molecule has 0 atom stereocenters. The molecule has 0 aliphatic carbocycles. The van der Waals surface area contributed by atoms with Gasteiger partial charge >= 0.3 is 0 Å². The van der Waals surface area contributed by atoms with E-state index in [9.17, 15) is 4.79 Å². The van der Waals surface area contributed by atoms with Crippen molar-refractivity contribution in [3.05, 3.63) is 24.3 Å². The highest BCUT2D eigenvalue weighted by Crippen LogP contribution is 2.20. The largest absolute Gasteiger partial charge is 0.358 e. The van der Waals surface area contributed by atoms with E-state index in [1.807, 2.05) is 13.8 Å². The molecular formula is C9H13N3O. The van der Waals surface area contributed by atoms with Crippen molar-refractivity contribution in [3.63, 3.8) is 0 Å². The van der Waals surface area contributed by atoms with Gasteiger partial charge < -0.3 is 5.32 Å². The minimum absolute atomic E-state index is 0.0395. The van der Waals surface area contributed by atoms with E-state index in [4.69, 9.17) is 0 Å². The topological polar surface area (TPSA) is 54.9 Å². The molecule has 4 nitrogen and oxygen atoms in total. The molecular weight excluding hydrogens is 166 g/mol. The van der Waals surface area contributed by atoms with Crippen molar-refractivity contribution in [2.24, 2.45) is 0 Å². The number of nitrogens with zero attached hydrogens (tertiary/aromatic N) is 2. The summed E-state index contributed by atoms with van der Waals surface area (Å²) in [6.45, 7) is 3.68. The maximum Gasteiger partial charge on any atom is 0.229 e. The molecule has 0 saturated carbocycles. The Kier molecular flexibility index (Phi) is 2.60. The Morgan fingerprint density at radius 2 is 1.92 bits per heavy atom. The molecule has 0 fully saturated rings. The number of carbonyl (C=O) groups excluding carboxylic acids is 1. The normalized spacial score (nSPS) is 11.0. The molecule has 4 heteroatoms. The first-order valence-corrected chi connectivity index (χ1v) is 4.06. The predicted molar refractivity (Wildman–Crippen MR) is 49.1 cm³/mol. The average molecular weight is 179 g/mol. The maximum absolute atomic E-state index is 11.5. The van der Waals surface area contributed by atoms with Crippen LogP contribution in [0.4, 0.5) is 0 Å². The molecule has 1 aromatic rings. The number of hydrogen-bond donors (Lipinski definition) is 1. The van der Waals surface area contributed by atoms with Crippen LogP contribution in [0, 0.1) is 0 Å². The molecule has 70 valence electrons. The van der Waals surface area contributed by atoms with Crippen molar-refractivity contribution in [2.45, 2.75) is 19.3 Å². The van der Waals surface area contributed by atoms with E-state index < -0.39 is 5.41 Å². The van der Waals surface area contributed by atoms with Crippen molar-refractivity contribution in [2.75, 3.05) is 7.05 Å². The lowest BCUT2D eigenvalue weighted by molar-refractivity contribution is -0.125. The van der Waals surface area contributed by atoms with E-state index in [1.165, 1.54) is 6.33 Å². The second-order valence-electron chi connectivity index (χ2n) is 3.33. The van der Waals surface area contributed by atoms with Gasteiger partial charge in [-0.05, 0) is 13.8 Å². The van der Waals surface area contributed by atoms with E-state index >= 15 is 0 Å². The quantitative estimate of drug-likeness (QED) is 0.719. The standard InChI is InChI=1S/C9H13N3O/c1-9(2,8(13)10-3)7-4-11-6-12-5-7/h4-6H,1-3H3,(H,10,13). The average Bonchev–Trinajstić information content (AvgIpc) is 2.18. The van der Waals surface area contributed by atoms with Gasteiger partial charge in [0.05, 0.1) is 5.41 Å². The van der Waals surface area contributed by atoms with Crippen molar-refractivity contribution < 1.29 is 4.79 Å². The van der Waals surface area contributed by atoms with Crippen molar-refractivity contribution in [1.29, 1.82) is 0 Å². The first kappa shape index (κ1) is 9.64. The van der Waals surface area contributed by atoms with Crippen LogP contribution in [-0.2, 0) is 10.2 Å². The van der Waals surface area contributed by atoms with Gasteiger partial charge in [0.25, 0.3) is 0 Å². The number of likely N-dealkylation sites (N-methyl/N-ethyl adjacent to an activating group) is 1. The summed E-state index contributed by atoms with van der Waals surface area (Å²) in [5, 5.41) is 2.61. The monoisotopic (exact) mass is 179 g/mol. The van der Waals surface area contributed by atoms with Gasteiger partial charge in [-0.2, -0.15) is 0 Å². The zero-order valence-corrected chi connectivity index (χ0v) is 8.03. The van der Waals surface area contributed by atoms with Gasteiger partial charge in [-0.25, -0.2) is 9.97 Å². The van der Waals surface area contributed by atoms with E-state index in [2.05, 4.69) is 15.3 Å². The van der Waals surface area contributed by atoms with Crippen molar-refractivity contribution in [1.82, 2.24) is 15.3 Å². The summed E-state index contributed by atoms with van der Waals surface area (Å²) >= 11 is 0. The van der Waals surface area contributed by atoms with Gasteiger partial charge in [0, 0.05) is 25.0 Å². The fourth-order valence-electron chi connectivity index (χ4n) is 1.07. The number of rotatable bonds is 2. The number of carbonyl (C=O) groups is 1. The van der Waals surface area contributed by atoms with Gasteiger partial charge in [-0.1, -0.05) is 0 Å². The summed E-state index contributed by atoms with van der Waals surface area (Å²) in [6, 6.07) is 0. The molecule has 0 aromatic carbocycles. The molecule has 0 unspecified atom stereocenters. The summed E-state index contributed by atoms with van der Waals surface area (Å²) in [7, 11) is 1.62. The van der Waals surface area contributed by atoms with Crippen LogP contribution in [0.25, 0.3) is 0 Å². The first-order valence-electron chi connectivity index (χ1n) is 4.06. The smallest absolute Gasteiger partial charge is 0.229 e. The summed E-state index contributed by atoms with van der Waals surface area (Å²) in [5.74, 6) is -0.0395. The molecule has 1 heterocycles. The van der Waals surface area contributed by atoms with Gasteiger partial charge in [0.15, 0.2) is 0 Å². The molecule has 1 rings (SSSR count). The molecule has 1 amide bonds. The highest BCUT2D eigenvalue weighted by molar-refractivity contribution is 5.86. The minimum atomic E-state index is -0.573. The molecule has 0 bridgehead atoms. The van der Waals surface area contributed by atoms with Crippen LogP contribution in [0.15, 0.2) is 18.7 Å². The number of hydrogen-bond acceptors (Lipinski definition) is 3. The zero-order valence-electron chi connectivity index (χ0n) is 8.03. The van der Waals surface area contributed by atoms with Crippen LogP contribution in [0.1, 0.15) is 19.4 Å². The molecule has 1 N–H and O–H groups in total. The summed E-state index contributed by atoms with van der Waals surface area (Å²) in [5.41, 5.74) is 0.241. The van der Waals surface area contributed by atoms with Crippen molar-refractivity contribution in [3.8, 4) is 0 Å². The SMILES string of the molecule is CNC(=O)C(C)(C)c1cncnc1. The van der Waals surface area contributed by atoms with E-state index in [1.54, 1.807) is 19.4 Å².